The average Bonchev–Trinajstić information content (AvgIpc) is 2.85. The summed E-state index contributed by atoms with van der Waals surface area (Å²) in [5.74, 6) is 0.335. The molecule has 7 nitrogen and oxygen atoms in total. The van der Waals surface area contributed by atoms with Crippen LogP contribution in [0.2, 0.25) is 0 Å². The van der Waals surface area contributed by atoms with Gasteiger partial charge in [-0.25, -0.2) is 13.1 Å². The molecule has 0 aromatic carbocycles. The van der Waals surface area contributed by atoms with Crippen LogP contribution >= 0.6 is 0 Å². The van der Waals surface area contributed by atoms with Crippen molar-refractivity contribution in [3.8, 4) is 0 Å². The molecule has 1 atom stereocenters. The van der Waals surface area contributed by atoms with E-state index < -0.39 is 10.0 Å². The lowest BCUT2D eigenvalue weighted by Crippen LogP contribution is -2.41. The molecule has 1 aromatic rings. The Morgan fingerprint density at radius 1 is 1.42 bits per heavy atom. The standard InChI is InChI=1S/C11H19N3O4S/c1-4-13-11(15)8(2)14-7-9-5-6-10(18-9)19(16,17)12-3/h5-6,8,12,14H,4,7H2,1-3H3,(H,13,15). The number of nitrogens with one attached hydrogen (secondary N) is 3. The van der Waals surface area contributed by atoms with E-state index in [1.54, 1.807) is 13.0 Å². The second-order valence-corrected chi connectivity index (χ2v) is 5.74. The van der Waals surface area contributed by atoms with Gasteiger partial charge in [-0.1, -0.05) is 0 Å². The van der Waals surface area contributed by atoms with Crippen LogP contribution in [0.5, 0.6) is 0 Å². The molecular formula is C11H19N3O4S. The highest BCUT2D eigenvalue weighted by Gasteiger charge is 2.17. The summed E-state index contributed by atoms with van der Waals surface area (Å²) in [6.07, 6.45) is 0. The van der Waals surface area contributed by atoms with E-state index in [4.69, 9.17) is 4.42 Å². The van der Waals surface area contributed by atoms with Gasteiger partial charge in [0.15, 0.2) is 0 Å². The summed E-state index contributed by atoms with van der Waals surface area (Å²) < 4.78 is 30.3. The number of amides is 1. The molecule has 1 heterocycles. The summed E-state index contributed by atoms with van der Waals surface area (Å²) in [6, 6.07) is 2.55. The molecule has 3 N–H and O–H groups in total. The minimum absolute atomic E-state index is 0.114. The van der Waals surface area contributed by atoms with Crippen molar-refractivity contribution < 1.29 is 17.6 Å². The molecule has 0 bridgehead atoms. The van der Waals surface area contributed by atoms with Gasteiger partial charge in [-0.15, -0.1) is 0 Å². The van der Waals surface area contributed by atoms with E-state index in [9.17, 15) is 13.2 Å². The van der Waals surface area contributed by atoms with Crippen molar-refractivity contribution >= 4 is 15.9 Å². The Bertz CT molecular complexity index is 524. The molecule has 1 unspecified atom stereocenters. The Morgan fingerprint density at radius 2 is 2.11 bits per heavy atom. The predicted molar refractivity (Wildman–Crippen MR) is 69.9 cm³/mol. The summed E-state index contributed by atoms with van der Waals surface area (Å²) >= 11 is 0. The molecule has 0 fully saturated rings. The number of likely N-dealkylation sites (N-methyl/N-ethyl adjacent to an activating group) is 1. The molecule has 0 saturated heterocycles. The Balaban J connectivity index is 2.58. The van der Waals surface area contributed by atoms with Crippen molar-refractivity contribution in [1.82, 2.24) is 15.4 Å². The molecule has 0 aliphatic carbocycles. The van der Waals surface area contributed by atoms with Crippen LogP contribution in [0.4, 0.5) is 0 Å². The molecule has 8 heteroatoms. The molecule has 0 saturated carbocycles. The fourth-order valence-corrected chi connectivity index (χ4v) is 2.04. The normalized spacial score (nSPS) is 13.2. The maximum atomic E-state index is 11.5. The molecule has 0 aliphatic rings. The highest BCUT2D eigenvalue weighted by Crippen LogP contribution is 2.13. The molecule has 108 valence electrons. The van der Waals surface area contributed by atoms with Crippen molar-refractivity contribution in [2.24, 2.45) is 0 Å². The van der Waals surface area contributed by atoms with Crippen molar-refractivity contribution in [1.29, 1.82) is 0 Å². The molecule has 0 spiro atoms. The van der Waals surface area contributed by atoms with Crippen LogP contribution < -0.4 is 15.4 Å². The van der Waals surface area contributed by atoms with Crippen LogP contribution in [0.25, 0.3) is 0 Å². The number of rotatable bonds is 7. The van der Waals surface area contributed by atoms with Crippen LogP contribution in [-0.2, 0) is 21.4 Å². The molecule has 0 radical (unpaired) electrons. The molecule has 1 aromatic heterocycles. The third-order valence-electron chi connectivity index (χ3n) is 2.50. The van der Waals surface area contributed by atoms with Crippen LogP contribution in [-0.4, -0.2) is 34.0 Å². The van der Waals surface area contributed by atoms with Gasteiger partial charge in [0.05, 0.1) is 12.6 Å². The second-order valence-electron chi connectivity index (χ2n) is 3.93. The zero-order valence-corrected chi connectivity index (χ0v) is 12.0. The van der Waals surface area contributed by atoms with Crippen molar-refractivity contribution in [2.75, 3.05) is 13.6 Å². The summed E-state index contributed by atoms with van der Waals surface area (Å²) in [7, 11) is -2.25. The van der Waals surface area contributed by atoms with Crippen LogP contribution in [0.3, 0.4) is 0 Å². The minimum Gasteiger partial charge on any atom is -0.447 e. The van der Waals surface area contributed by atoms with Gasteiger partial charge in [0.2, 0.25) is 11.0 Å². The zero-order chi connectivity index (χ0) is 14.5. The van der Waals surface area contributed by atoms with Gasteiger partial charge in [0.1, 0.15) is 5.76 Å². The molecule has 0 aliphatic heterocycles. The first-order valence-corrected chi connectivity index (χ1v) is 7.42. The largest absolute Gasteiger partial charge is 0.447 e. The lowest BCUT2D eigenvalue weighted by Gasteiger charge is -2.11. The number of furan rings is 1. The predicted octanol–water partition coefficient (Wildman–Crippen LogP) is -0.198. The molecule has 1 rings (SSSR count). The fourth-order valence-electron chi connectivity index (χ4n) is 1.37. The maximum Gasteiger partial charge on any atom is 0.273 e. The number of carbonyl (C=O) groups is 1. The van der Waals surface area contributed by atoms with Crippen LogP contribution in [0.15, 0.2) is 21.6 Å². The van der Waals surface area contributed by atoms with Crippen LogP contribution in [0.1, 0.15) is 19.6 Å². The topological polar surface area (TPSA) is 100 Å². The summed E-state index contributed by atoms with van der Waals surface area (Å²) in [5, 5.41) is 5.49. The first-order valence-electron chi connectivity index (χ1n) is 5.94. The highest BCUT2D eigenvalue weighted by molar-refractivity contribution is 7.89. The smallest absolute Gasteiger partial charge is 0.273 e. The summed E-state index contributed by atoms with van der Waals surface area (Å²) in [5.41, 5.74) is 0. The van der Waals surface area contributed by atoms with Gasteiger partial charge in [0.25, 0.3) is 10.0 Å². The van der Waals surface area contributed by atoms with Crippen molar-refractivity contribution in [2.45, 2.75) is 31.5 Å². The fraction of sp³-hybridized carbons (Fsp3) is 0.545. The van der Waals surface area contributed by atoms with E-state index in [0.717, 1.165) is 0 Å². The second kappa shape index (κ2) is 6.69. The Hall–Kier alpha value is -1.38. The van der Waals surface area contributed by atoms with E-state index in [1.165, 1.54) is 13.1 Å². The Morgan fingerprint density at radius 3 is 2.68 bits per heavy atom. The van der Waals surface area contributed by atoms with Gasteiger partial charge >= 0.3 is 0 Å². The molecule has 1 amide bonds. The van der Waals surface area contributed by atoms with Gasteiger partial charge in [0, 0.05) is 6.54 Å². The van der Waals surface area contributed by atoms with E-state index in [-0.39, 0.29) is 23.6 Å². The van der Waals surface area contributed by atoms with E-state index in [0.29, 0.717) is 12.3 Å². The first kappa shape index (κ1) is 15.7. The minimum atomic E-state index is -3.56. The first-order chi connectivity index (χ1) is 8.90. The molecule has 19 heavy (non-hydrogen) atoms. The number of hydrogen-bond donors (Lipinski definition) is 3. The maximum absolute atomic E-state index is 11.5. The SMILES string of the molecule is CCNC(=O)C(C)NCc1ccc(S(=O)(=O)NC)o1. The highest BCUT2D eigenvalue weighted by atomic mass is 32.2. The van der Waals surface area contributed by atoms with E-state index in [1.807, 2.05) is 6.92 Å². The number of sulfonamides is 1. The third kappa shape index (κ3) is 4.34. The monoisotopic (exact) mass is 289 g/mol. The Labute approximate surface area is 112 Å². The van der Waals surface area contributed by atoms with Crippen molar-refractivity contribution in [3.05, 3.63) is 17.9 Å². The lowest BCUT2D eigenvalue weighted by atomic mass is 10.3. The summed E-state index contributed by atoms with van der Waals surface area (Å²) in [6.45, 7) is 4.40. The quantitative estimate of drug-likeness (QED) is 0.645. The Kier molecular flexibility index (Phi) is 5.52. The summed E-state index contributed by atoms with van der Waals surface area (Å²) in [4.78, 5) is 11.5. The van der Waals surface area contributed by atoms with E-state index >= 15 is 0 Å². The number of hydrogen-bond acceptors (Lipinski definition) is 5. The van der Waals surface area contributed by atoms with Gasteiger partial charge in [-0.3, -0.25) is 10.1 Å². The van der Waals surface area contributed by atoms with Crippen molar-refractivity contribution in [3.63, 3.8) is 0 Å². The van der Waals surface area contributed by atoms with Crippen LogP contribution in [0, 0.1) is 0 Å². The molecular weight excluding hydrogens is 270 g/mol. The van der Waals surface area contributed by atoms with Gasteiger partial charge < -0.3 is 9.73 Å². The van der Waals surface area contributed by atoms with Gasteiger partial charge in [-0.05, 0) is 33.0 Å². The van der Waals surface area contributed by atoms with Gasteiger partial charge in [-0.2, -0.15) is 0 Å². The lowest BCUT2D eigenvalue weighted by molar-refractivity contribution is -0.122. The average molecular weight is 289 g/mol. The third-order valence-corrected chi connectivity index (χ3v) is 3.78. The number of carbonyl (C=O) groups excluding carboxylic acids is 1. The van der Waals surface area contributed by atoms with E-state index in [2.05, 4.69) is 15.4 Å². The zero-order valence-electron chi connectivity index (χ0n) is 11.2.